The van der Waals surface area contributed by atoms with Crippen LogP contribution in [-0.4, -0.2) is 4.21 Å². The molecule has 236 valence electrons. The van der Waals surface area contributed by atoms with Crippen molar-refractivity contribution in [2.24, 2.45) is 0 Å². The van der Waals surface area contributed by atoms with Gasteiger partial charge in [-0.05, 0) is 0 Å². The third-order valence-corrected chi connectivity index (χ3v) is 26.7. The first-order valence-electron chi connectivity index (χ1n) is 16.2. The van der Waals surface area contributed by atoms with Crippen LogP contribution in [0.1, 0.15) is 81.3 Å². The van der Waals surface area contributed by atoms with Crippen LogP contribution in [0.3, 0.4) is 0 Å². The summed E-state index contributed by atoms with van der Waals surface area (Å²) in [5.74, 6) is 0. The van der Waals surface area contributed by atoms with Gasteiger partial charge in [-0.25, -0.2) is 0 Å². The van der Waals surface area contributed by atoms with Gasteiger partial charge in [0, 0.05) is 0 Å². The molecule has 0 spiro atoms. The Hall–Kier alpha value is -2.31. The zero-order valence-corrected chi connectivity index (χ0v) is 32.0. The number of allylic oxidation sites excluding steroid dienone is 4. The molecule has 0 amide bonds. The fourth-order valence-electron chi connectivity index (χ4n) is 7.97. The number of aryl methyl sites for hydroxylation is 1. The van der Waals surface area contributed by atoms with E-state index in [-0.39, 0.29) is 35.6 Å². The van der Waals surface area contributed by atoms with E-state index in [1.54, 1.807) is 12.1 Å². The molecule has 0 saturated heterocycles. The Morgan fingerprint density at radius 1 is 0.711 bits per heavy atom. The van der Waals surface area contributed by atoms with E-state index in [2.05, 4.69) is 151 Å². The van der Waals surface area contributed by atoms with Gasteiger partial charge in [-0.3, -0.25) is 0 Å². The normalized spacial score (nSPS) is 14.2. The molecule has 6 rings (SSSR count). The van der Waals surface area contributed by atoms with E-state index in [1.807, 2.05) is 0 Å². The Morgan fingerprint density at radius 2 is 1.33 bits per heavy atom. The number of fused-ring (bicyclic) bond motifs is 3. The molecule has 0 bridgehead atoms. The first-order valence-corrected chi connectivity index (χ1v) is 23.8. The topological polar surface area (TPSA) is 0 Å². The van der Waals surface area contributed by atoms with E-state index < -0.39 is 18.3 Å². The van der Waals surface area contributed by atoms with Crippen LogP contribution in [0.15, 0.2) is 113 Å². The summed E-state index contributed by atoms with van der Waals surface area (Å²) < 4.78 is 11.3. The molecule has 0 atom stereocenters. The average molecular weight is 717 g/mol. The van der Waals surface area contributed by atoms with Crippen molar-refractivity contribution in [3.05, 3.63) is 146 Å². The minimum absolute atomic E-state index is 0. The van der Waals surface area contributed by atoms with Gasteiger partial charge in [0.2, 0.25) is 0 Å². The Morgan fingerprint density at radius 3 is 1.91 bits per heavy atom. The molecule has 0 heterocycles. The quantitative estimate of drug-likeness (QED) is 0.157. The maximum atomic E-state index is 5.74. The summed E-state index contributed by atoms with van der Waals surface area (Å²) in [4.78, 5) is 0. The summed E-state index contributed by atoms with van der Waals surface area (Å²) in [5.41, 5.74) is 11.9. The van der Waals surface area contributed by atoms with Gasteiger partial charge in [0.1, 0.15) is 0 Å². The Kier molecular flexibility index (Phi) is 10.3. The molecule has 0 fully saturated rings. The van der Waals surface area contributed by atoms with Crippen LogP contribution in [-0.2, 0) is 46.1 Å². The molecule has 3 heteroatoms. The molecule has 0 saturated carbocycles. The van der Waals surface area contributed by atoms with Crippen molar-refractivity contribution in [1.82, 2.24) is 0 Å². The molecular formula is C42H50Cl2Zr. The molecule has 0 nitrogen and oxygen atoms in total. The molecule has 4 aromatic carbocycles. The number of benzene rings is 4. The Bertz CT molecular complexity index is 1800. The van der Waals surface area contributed by atoms with Gasteiger partial charge >= 0.3 is 263 Å². The minimum atomic E-state index is -4.35. The van der Waals surface area contributed by atoms with Crippen molar-refractivity contribution in [1.29, 1.82) is 0 Å². The van der Waals surface area contributed by atoms with E-state index >= 15 is 0 Å². The van der Waals surface area contributed by atoms with Gasteiger partial charge in [-0.2, -0.15) is 0 Å². The summed E-state index contributed by atoms with van der Waals surface area (Å²) in [7, 11) is 0. The van der Waals surface area contributed by atoms with Crippen LogP contribution < -0.4 is 3.27 Å². The molecule has 2 aliphatic carbocycles. The van der Waals surface area contributed by atoms with E-state index in [9.17, 15) is 0 Å². The first kappa shape index (κ1) is 35.5. The predicted molar refractivity (Wildman–Crippen MR) is 200 cm³/mol. The second-order valence-corrected chi connectivity index (χ2v) is 29.9. The zero-order valence-electron chi connectivity index (χ0n) is 28.0. The maximum absolute atomic E-state index is 5.74. The van der Waals surface area contributed by atoms with Gasteiger partial charge in [0.15, 0.2) is 0 Å². The molecule has 0 unspecified atom stereocenters. The summed E-state index contributed by atoms with van der Waals surface area (Å²) in [6, 6.07) is 34.7. The zero-order chi connectivity index (χ0) is 30.5. The molecule has 4 aromatic rings. The molecular weight excluding hydrogens is 667 g/mol. The number of hydrogen-bond donors (Lipinski definition) is 0. The average Bonchev–Trinajstić information content (AvgIpc) is 3.65. The van der Waals surface area contributed by atoms with Crippen LogP contribution in [0, 0.1) is 0 Å². The summed E-state index contributed by atoms with van der Waals surface area (Å²) in [5, 5.41) is 0. The summed E-state index contributed by atoms with van der Waals surface area (Å²) >= 11 is -4.35. The second-order valence-electron chi connectivity index (χ2n) is 15.5. The van der Waals surface area contributed by atoms with Crippen molar-refractivity contribution >= 4 is 32.3 Å². The van der Waals surface area contributed by atoms with Crippen LogP contribution >= 0.6 is 24.8 Å². The van der Waals surface area contributed by atoms with Crippen LogP contribution in [0.5, 0.6) is 0 Å². The van der Waals surface area contributed by atoms with Gasteiger partial charge in [0.25, 0.3) is 0 Å². The molecule has 0 N–H and O–H groups in total. The van der Waals surface area contributed by atoms with Crippen LogP contribution in [0.4, 0.5) is 0 Å². The van der Waals surface area contributed by atoms with Crippen molar-refractivity contribution in [3.8, 4) is 11.1 Å². The first-order chi connectivity index (χ1) is 20.4. The van der Waals surface area contributed by atoms with E-state index in [0.717, 1.165) is 27.5 Å². The molecule has 0 aliphatic heterocycles. The summed E-state index contributed by atoms with van der Waals surface area (Å²) in [6.45, 7) is 14.2. The van der Waals surface area contributed by atoms with Crippen LogP contribution in [0.2, 0.25) is 4.13 Å². The molecule has 2 aliphatic rings. The van der Waals surface area contributed by atoms with Gasteiger partial charge in [-0.15, -0.1) is 24.8 Å². The fraction of sp³-hybridized carbons (Fsp3) is 0.310. The third kappa shape index (κ3) is 6.61. The Labute approximate surface area is 285 Å². The predicted octanol–water partition coefficient (Wildman–Crippen LogP) is 11.1. The number of rotatable bonds is 7. The van der Waals surface area contributed by atoms with Crippen LogP contribution in [0.25, 0.3) is 11.1 Å². The summed E-state index contributed by atoms with van der Waals surface area (Å²) in [6.07, 6.45) is 10.3. The standard InChI is InChI=1S/C21H25.C8H9.C7H7.C5H5.CH2.2ClH.Zr/c1-20(2,3)16-7-9-18-14(12-16)11-15-13-17(21(4,5)6)8-10-19(15)18;1-2-8-6-4-3-5-7-8;1-7-5-3-2-4-6-7;1-2-4-5-3-1;;;;/h7-10,12H,11H2,1-6H3;3-7H,1-2H2;2-6H,1H2;1-3H,4H2;1H2;2*1H;. The van der Waals surface area contributed by atoms with E-state index in [4.69, 9.17) is 4.21 Å². The molecule has 0 aromatic heterocycles. The Balaban J connectivity index is 0.00000230. The monoisotopic (exact) mass is 714 g/mol. The van der Waals surface area contributed by atoms with E-state index in [1.165, 1.54) is 38.9 Å². The third-order valence-electron chi connectivity index (χ3n) is 10.4. The van der Waals surface area contributed by atoms with E-state index in [0.29, 0.717) is 0 Å². The molecule has 45 heavy (non-hydrogen) atoms. The van der Waals surface area contributed by atoms with Crippen molar-refractivity contribution < 1.29 is 18.3 Å². The van der Waals surface area contributed by atoms with Crippen molar-refractivity contribution in [3.63, 3.8) is 0 Å². The number of hydrogen-bond acceptors (Lipinski definition) is 0. The van der Waals surface area contributed by atoms with Crippen molar-refractivity contribution in [2.75, 3.05) is 0 Å². The second kappa shape index (κ2) is 13.1. The molecule has 0 radical (unpaired) electrons. The van der Waals surface area contributed by atoms with Gasteiger partial charge in [-0.1, -0.05) is 0 Å². The SMILES string of the molecule is Cl.Cl.[CH2]=[Zr]([CH2]Cc1ccccc1)([CH2]c1ccccc1)([C]1=CC=CC1)[c]1c(C(C)(C)C)ccc2c1Cc1cc(C(C)(C)C)ccc1-2. The van der Waals surface area contributed by atoms with Gasteiger partial charge in [0.05, 0.1) is 0 Å². The van der Waals surface area contributed by atoms with Gasteiger partial charge < -0.3 is 0 Å². The fourth-order valence-corrected chi connectivity index (χ4v) is 25.1. The van der Waals surface area contributed by atoms with Crippen molar-refractivity contribution in [2.45, 2.75) is 79.9 Å². The number of halogens is 2.